The third-order valence-corrected chi connectivity index (χ3v) is 4.13. The van der Waals surface area contributed by atoms with E-state index < -0.39 is 0 Å². The molecule has 2 rings (SSSR count). The van der Waals surface area contributed by atoms with Crippen LogP contribution in [0.15, 0.2) is 23.1 Å². The van der Waals surface area contributed by atoms with Crippen molar-refractivity contribution < 1.29 is 4.79 Å². The molecule has 18 heavy (non-hydrogen) atoms. The molecule has 4 nitrogen and oxygen atoms in total. The average Bonchev–Trinajstić information content (AvgIpc) is 2.34. The van der Waals surface area contributed by atoms with E-state index in [9.17, 15) is 9.59 Å². The Balaban J connectivity index is 2.30. The molecule has 1 saturated carbocycles. The molecule has 0 unspecified atom stereocenters. The SMILES string of the molecule is CC1(C)CCC(NC=O)(c2ccc(=O)[nH]c2)CC1. The molecule has 0 atom stereocenters. The summed E-state index contributed by atoms with van der Waals surface area (Å²) in [6, 6.07) is 3.33. The second-order valence-electron chi connectivity index (χ2n) is 5.95. The van der Waals surface area contributed by atoms with Gasteiger partial charge in [0.1, 0.15) is 0 Å². The Morgan fingerprint density at radius 3 is 2.39 bits per heavy atom. The van der Waals surface area contributed by atoms with Gasteiger partial charge in [0.15, 0.2) is 0 Å². The molecule has 0 bridgehead atoms. The van der Waals surface area contributed by atoms with E-state index in [1.54, 1.807) is 6.20 Å². The highest BCUT2D eigenvalue weighted by molar-refractivity contribution is 5.49. The van der Waals surface area contributed by atoms with Gasteiger partial charge >= 0.3 is 0 Å². The van der Waals surface area contributed by atoms with Gasteiger partial charge in [-0.3, -0.25) is 9.59 Å². The third-order valence-electron chi connectivity index (χ3n) is 4.13. The summed E-state index contributed by atoms with van der Waals surface area (Å²) >= 11 is 0. The van der Waals surface area contributed by atoms with E-state index in [-0.39, 0.29) is 11.1 Å². The fourth-order valence-electron chi connectivity index (χ4n) is 2.69. The summed E-state index contributed by atoms with van der Waals surface area (Å²) < 4.78 is 0. The molecule has 98 valence electrons. The standard InChI is InChI=1S/C14H20N2O2/c1-13(2)5-7-14(8-6-13,16-10-17)11-3-4-12(18)15-9-11/h3-4,9-10H,5-8H2,1-2H3,(H,15,18)(H,16,17). The first-order valence-corrected chi connectivity index (χ1v) is 6.38. The van der Waals surface area contributed by atoms with Gasteiger partial charge in [0, 0.05) is 12.3 Å². The van der Waals surface area contributed by atoms with Gasteiger partial charge in [-0.25, -0.2) is 0 Å². The van der Waals surface area contributed by atoms with Crippen molar-refractivity contribution in [3.8, 4) is 0 Å². The summed E-state index contributed by atoms with van der Waals surface area (Å²) in [5.41, 5.74) is 0.887. The quantitative estimate of drug-likeness (QED) is 0.803. The summed E-state index contributed by atoms with van der Waals surface area (Å²) in [4.78, 5) is 24.7. The predicted molar refractivity (Wildman–Crippen MR) is 70.2 cm³/mol. The largest absolute Gasteiger partial charge is 0.349 e. The first-order chi connectivity index (χ1) is 8.47. The van der Waals surface area contributed by atoms with Crippen molar-refractivity contribution in [2.24, 2.45) is 5.41 Å². The van der Waals surface area contributed by atoms with Gasteiger partial charge in [0.2, 0.25) is 12.0 Å². The van der Waals surface area contributed by atoms with Gasteiger partial charge in [-0.2, -0.15) is 0 Å². The predicted octanol–water partition coefficient (Wildman–Crippen LogP) is 1.92. The van der Waals surface area contributed by atoms with E-state index in [0.29, 0.717) is 5.41 Å². The Hall–Kier alpha value is -1.58. The normalized spacial score (nSPS) is 21.2. The maximum atomic E-state index is 11.1. The van der Waals surface area contributed by atoms with Crippen LogP contribution < -0.4 is 10.9 Å². The topological polar surface area (TPSA) is 62.0 Å². The Kier molecular flexibility index (Phi) is 3.28. The lowest BCUT2D eigenvalue weighted by Crippen LogP contribution is -2.46. The number of rotatable bonds is 3. The van der Waals surface area contributed by atoms with Crippen LogP contribution in [0.4, 0.5) is 0 Å². The molecule has 4 heteroatoms. The zero-order chi connectivity index (χ0) is 13.2. The van der Waals surface area contributed by atoms with Crippen LogP contribution in [-0.2, 0) is 10.3 Å². The summed E-state index contributed by atoms with van der Waals surface area (Å²) in [6.45, 7) is 4.51. The number of nitrogens with one attached hydrogen (secondary N) is 2. The highest BCUT2D eigenvalue weighted by Gasteiger charge is 2.39. The van der Waals surface area contributed by atoms with Gasteiger partial charge in [-0.05, 0) is 42.7 Å². The lowest BCUT2D eigenvalue weighted by atomic mass is 9.67. The minimum atomic E-state index is -0.318. The van der Waals surface area contributed by atoms with Crippen molar-refractivity contribution in [1.29, 1.82) is 0 Å². The highest BCUT2D eigenvalue weighted by Crippen LogP contribution is 2.44. The van der Waals surface area contributed by atoms with E-state index in [1.165, 1.54) is 6.07 Å². The maximum absolute atomic E-state index is 11.1. The maximum Gasteiger partial charge on any atom is 0.247 e. The molecule has 0 spiro atoms. The number of carbonyl (C=O) groups is 1. The second-order valence-corrected chi connectivity index (χ2v) is 5.95. The number of H-pyrrole nitrogens is 1. The van der Waals surface area contributed by atoms with Crippen molar-refractivity contribution in [3.63, 3.8) is 0 Å². The van der Waals surface area contributed by atoms with Gasteiger partial charge in [-0.1, -0.05) is 13.8 Å². The van der Waals surface area contributed by atoms with E-state index in [1.807, 2.05) is 6.07 Å². The zero-order valence-corrected chi connectivity index (χ0v) is 11.0. The van der Waals surface area contributed by atoms with Crippen LogP contribution in [0.25, 0.3) is 0 Å². The molecular weight excluding hydrogens is 228 g/mol. The van der Waals surface area contributed by atoms with Gasteiger partial charge < -0.3 is 10.3 Å². The number of amides is 1. The van der Waals surface area contributed by atoms with Crippen molar-refractivity contribution in [2.75, 3.05) is 0 Å². The zero-order valence-electron chi connectivity index (χ0n) is 11.0. The smallest absolute Gasteiger partial charge is 0.247 e. The highest BCUT2D eigenvalue weighted by atomic mass is 16.1. The Labute approximate surface area is 107 Å². The number of pyridine rings is 1. The first-order valence-electron chi connectivity index (χ1n) is 6.38. The second kappa shape index (κ2) is 4.59. The minimum absolute atomic E-state index is 0.115. The van der Waals surface area contributed by atoms with Crippen LogP contribution in [0.2, 0.25) is 0 Å². The monoisotopic (exact) mass is 248 g/mol. The Morgan fingerprint density at radius 2 is 1.89 bits per heavy atom. The molecule has 0 aliphatic heterocycles. The molecule has 1 aromatic rings. The summed E-state index contributed by atoms with van der Waals surface area (Å²) in [5.74, 6) is 0. The molecule has 0 saturated heterocycles. The van der Waals surface area contributed by atoms with Crippen molar-refractivity contribution >= 4 is 6.41 Å². The summed E-state index contributed by atoms with van der Waals surface area (Å²) in [6.07, 6.45) is 6.43. The van der Waals surface area contributed by atoms with Crippen molar-refractivity contribution in [2.45, 2.75) is 45.1 Å². The van der Waals surface area contributed by atoms with Crippen LogP contribution in [0.1, 0.15) is 45.1 Å². The van der Waals surface area contributed by atoms with Crippen LogP contribution in [0.5, 0.6) is 0 Å². The molecule has 0 radical (unpaired) electrons. The van der Waals surface area contributed by atoms with Gasteiger partial charge in [0.25, 0.3) is 0 Å². The average molecular weight is 248 g/mol. The van der Waals surface area contributed by atoms with Crippen LogP contribution >= 0.6 is 0 Å². The fourth-order valence-corrected chi connectivity index (χ4v) is 2.69. The molecule has 1 aliphatic carbocycles. The van der Waals surface area contributed by atoms with Crippen LogP contribution in [0, 0.1) is 5.41 Å². The Bertz CT molecular complexity index is 460. The fraction of sp³-hybridized carbons (Fsp3) is 0.571. The molecule has 1 fully saturated rings. The minimum Gasteiger partial charge on any atom is -0.349 e. The number of aromatic amines is 1. The van der Waals surface area contributed by atoms with Crippen molar-refractivity contribution in [3.05, 3.63) is 34.2 Å². The lowest BCUT2D eigenvalue weighted by molar-refractivity contribution is -0.112. The van der Waals surface area contributed by atoms with Crippen LogP contribution in [0.3, 0.4) is 0 Å². The number of aromatic nitrogens is 1. The molecule has 1 heterocycles. The molecule has 0 aromatic carbocycles. The summed E-state index contributed by atoms with van der Waals surface area (Å²) in [7, 11) is 0. The summed E-state index contributed by atoms with van der Waals surface area (Å²) in [5, 5.41) is 2.97. The van der Waals surface area contributed by atoms with E-state index in [0.717, 1.165) is 37.7 Å². The molecule has 1 aromatic heterocycles. The first kappa shape index (κ1) is 12.9. The van der Waals surface area contributed by atoms with Gasteiger partial charge in [-0.15, -0.1) is 0 Å². The Morgan fingerprint density at radius 1 is 1.22 bits per heavy atom. The molecular formula is C14H20N2O2. The number of hydrogen-bond donors (Lipinski definition) is 2. The molecule has 1 amide bonds. The van der Waals surface area contributed by atoms with E-state index in [4.69, 9.17) is 0 Å². The number of hydrogen-bond acceptors (Lipinski definition) is 2. The molecule has 2 N–H and O–H groups in total. The van der Waals surface area contributed by atoms with E-state index in [2.05, 4.69) is 24.1 Å². The number of carbonyl (C=O) groups excluding carboxylic acids is 1. The van der Waals surface area contributed by atoms with Crippen molar-refractivity contribution in [1.82, 2.24) is 10.3 Å². The van der Waals surface area contributed by atoms with E-state index >= 15 is 0 Å². The lowest BCUT2D eigenvalue weighted by Gasteiger charge is -2.43. The molecule has 1 aliphatic rings. The third kappa shape index (κ3) is 2.47. The van der Waals surface area contributed by atoms with Gasteiger partial charge in [0.05, 0.1) is 5.54 Å². The van der Waals surface area contributed by atoms with Crippen LogP contribution in [-0.4, -0.2) is 11.4 Å².